The number of rotatable bonds is 8. The van der Waals surface area contributed by atoms with Gasteiger partial charge in [0.05, 0.1) is 31.5 Å². The number of amides is 1. The summed E-state index contributed by atoms with van der Waals surface area (Å²) in [5, 5.41) is 15.2. The average Bonchev–Trinajstić information content (AvgIpc) is 2.70. The Morgan fingerprint density at radius 1 is 1.06 bits per heavy atom. The number of nitrogens with zero attached hydrogens (tertiary/aromatic N) is 5. The summed E-state index contributed by atoms with van der Waals surface area (Å²) >= 11 is 0. The van der Waals surface area contributed by atoms with Crippen LogP contribution in [0, 0.1) is 6.92 Å². The molecule has 2 N–H and O–H groups in total. The molecule has 0 saturated carbocycles. The quantitative estimate of drug-likeness (QED) is 0.610. The summed E-state index contributed by atoms with van der Waals surface area (Å²) < 4.78 is 5.21. The Hall–Kier alpha value is -2.81. The summed E-state index contributed by atoms with van der Waals surface area (Å²) in [4.78, 5) is 24.0. The van der Waals surface area contributed by atoms with Crippen molar-refractivity contribution in [2.24, 2.45) is 0 Å². The summed E-state index contributed by atoms with van der Waals surface area (Å²) in [5.74, 6) is 2.61. The van der Waals surface area contributed by atoms with Crippen LogP contribution in [0.15, 0.2) is 18.3 Å². The van der Waals surface area contributed by atoms with Crippen LogP contribution in [0.5, 0.6) is 0 Å². The highest BCUT2D eigenvalue weighted by Crippen LogP contribution is 2.30. The highest BCUT2D eigenvalue weighted by Gasteiger charge is 2.32. The number of hydrogen-bond acceptors (Lipinski definition) is 8. The topological polar surface area (TPSA) is 105 Å². The molecule has 9 heteroatoms. The molecule has 184 valence electrons. The maximum absolute atomic E-state index is 12.8. The molecular weight excluding hydrogens is 430 g/mol. The summed E-state index contributed by atoms with van der Waals surface area (Å²) in [5.41, 5.74) is 1.74. The third kappa shape index (κ3) is 5.81. The van der Waals surface area contributed by atoms with Crippen LogP contribution < -0.4 is 10.6 Å². The number of anilines is 2. The van der Waals surface area contributed by atoms with Crippen LogP contribution in [-0.4, -0.2) is 69.4 Å². The van der Waals surface area contributed by atoms with E-state index < -0.39 is 0 Å². The van der Waals surface area contributed by atoms with Gasteiger partial charge < -0.3 is 20.3 Å². The van der Waals surface area contributed by atoms with Gasteiger partial charge in [0.25, 0.3) is 0 Å². The molecule has 0 radical (unpaired) electrons. The van der Waals surface area contributed by atoms with E-state index in [1.807, 2.05) is 24.0 Å². The molecule has 0 unspecified atom stereocenters. The number of likely N-dealkylation sites (tertiary alicyclic amines) is 1. The standard InChI is InChI=1S/C25H37N7O2/c1-16-9-20(30-23(27-16)24(2,3)4)28-18-12-32(13-18)22(33)7-8-25(5,6)17-10-21(31-26-11-17)29-19-14-34-15-19/h9-11,18-19H,7-8,12-15H2,1-6H3,(H,29,31)(H,27,28,30). The first kappa shape index (κ1) is 24.3. The Bertz CT molecular complexity index is 1020. The fraction of sp³-hybridized carbons (Fsp3) is 0.640. The lowest BCUT2D eigenvalue weighted by Crippen LogP contribution is -2.57. The molecular formula is C25H37N7O2. The second-order valence-electron chi connectivity index (χ2n) is 11.2. The van der Waals surface area contributed by atoms with E-state index in [1.165, 1.54) is 0 Å². The normalized spacial score (nSPS) is 17.2. The van der Waals surface area contributed by atoms with Crippen molar-refractivity contribution in [1.29, 1.82) is 0 Å². The number of nitrogens with one attached hydrogen (secondary N) is 2. The van der Waals surface area contributed by atoms with Crippen molar-refractivity contribution in [3.05, 3.63) is 35.4 Å². The van der Waals surface area contributed by atoms with Crippen LogP contribution in [0.3, 0.4) is 0 Å². The molecule has 34 heavy (non-hydrogen) atoms. The molecule has 0 spiro atoms. The lowest BCUT2D eigenvalue weighted by Gasteiger charge is -2.40. The van der Waals surface area contributed by atoms with Gasteiger partial charge in [-0.3, -0.25) is 4.79 Å². The first-order chi connectivity index (χ1) is 16.0. The minimum Gasteiger partial charge on any atom is -0.377 e. The van der Waals surface area contributed by atoms with Crippen molar-refractivity contribution in [2.75, 3.05) is 36.9 Å². The Morgan fingerprint density at radius 3 is 2.41 bits per heavy atom. The van der Waals surface area contributed by atoms with E-state index in [0.29, 0.717) is 38.8 Å². The molecule has 2 aromatic rings. The van der Waals surface area contributed by atoms with E-state index in [2.05, 4.69) is 65.4 Å². The largest absolute Gasteiger partial charge is 0.377 e. The summed E-state index contributed by atoms with van der Waals surface area (Å²) in [6.45, 7) is 15.4. The molecule has 0 aromatic carbocycles. The van der Waals surface area contributed by atoms with E-state index >= 15 is 0 Å². The average molecular weight is 468 g/mol. The van der Waals surface area contributed by atoms with Gasteiger partial charge in [0, 0.05) is 36.7 Å². The molecule has 2 aliphatic rings. The summed E-state index contributed by atoms with van der Waals surface area (Å²) in [7, 11) is 0. The number of carbonyl (C=O) groups excluding carboxylic acids is 1. The van der Waals surface area contributed by atoms with E-state index in [4.69, 9.17) is 4.74 Å². The first-order valence-electron chi connectivity index (χ1n) is 12.1. The van der Waals surface area contributed by atoms with Gasteiger partial charge in [-0.15, -0.1) is 5.10 Å². The maximum Gasteiger partial charge on any atom is 0.222 e. The number of hydrogen-bond donors (Lipinski definition) is 2. The van der Waals surface area contributed by atoms with Crippen LogP contribution in [0.1, 0.15) is 64.5 Å². The van der Waals surface area contributed by atoms with Gasteiger partial charge >= 0.3 is 0 Å². The van der Waals surface area contributed by atoms with Crippen molar-refractivity contribution in [1.82, 2.24) is 25.1 Å². The Balaban J connectivity index is 1.26. The minimum absolute atomic E-state index is 0.107. The van der Waals surface area contributed by atoms with E-state index in [9.17, 15) is 4.79 Å². The van der Waals surface area contributed by atoms with Gasteiger partial charge in [0.2, 0.25) is 5.91 Å². The van der Waals surface area contributed by atoms with Crippen molar-refractivity contribution in [3.8, 4) is 0 Å². The van der Waals surface area contributed by atoms with Crippen LogP contribution in [0.2, 0.25) is 0 Å². The smallest absolute Gasteiger partial charge is 0.222 e. The molecule has 0 aliphatic carbocycles. The van der Waals surface area contributed by atoms with Gasteiger partial charge in [-0.25, -0.2) is 9.97 Å². The third-order valence-electron chi connectivity index (χ3n) is 6.50. The Labute approximate surface area is 202 Å². The maximum atomic E-state index is 12.8. The van der Waals surface area contributed by atoms with Crippen LogP contribution >= 0.6 is 0 Å². The first-order valence-corrected chi connectivity index (χ1v) is 12.1. The molecule has 4 heterocycles. The van der Waals surface area contributed by atoms with E-state index in [0.717, 1.165) is 35.1 Å². The van der Waals surface area contributed by atoms with Crippen LogP contribution in [0.4, 0.5) is 11.6 Å². The van der Waals surface area contributed by atoms with Crippen molar-refractivity contribution in [2.45, 2.75) is 77.3 Å². The van der Waals surface area contributed by atoms with Crippen molar-refractivity contribution < 1.29 is 9.53 Å². The van der Waals surface area contributed by atoms with E-state index in [1.54, 1.807) is 6.20 Å². The third-order valence-corrected chi connectivity index (χ3v) is 6.50. The summed E-state index contributed by atoms with van der Waals surface area (Å²) in [6.07, 6.45) is 3.05. The molecule has 0 atom stereocenters. The molecule has 2 aromatic heterocycles. The van der Waals surface area contributed by atoms with Crippen molar-refractivity contribution in [3.63, 3.8) is 0 Å². The zero-order valence-electron chi connectivity index (χ0n) is 21.2. The molecule has 0 bridgehead atoms. The number of aryl methyl sites for hydroxylation is 1. The fourth-order valence-corrected chi connectivity index (χ4v) is 4.02. The summed E-state index contributed by atoms with van der Waals surface area (Å²) in [6, 6.07) is 4.52. The molecule has 4 rings (SSSR count). The van der Waals surface area contributed by atoms with Gasteiger partial charge in [0.1, 0.15) is 17.5 Å². The number of carbonyl (C=O) groups is 1. The van der Waals surface area contributed by atoms with Crippen LogP contribution in [0.25, 0.3) is 0 Å². The Kier molecular flexibility index (Phi) is 6.75. The zero-order valence-corrected chi connectivity index (χ0v) is 21.2. The fourth-order valence-electron chi connectivity index (χ4n) is 4.02. The van der Waals surface area contributed by atoms with Crippen molar-refractivity contribution >= 4 is 17.5 Å². The molecule has 2 fully saturated rings. The lowest BCUT2D eigenvalue weighted by atomic mass is 9.81. The minimum atomic E-state index is -0.178. The predicted octanol–water partition coefficient (Wildman–Crippen LogP) is 3.06. The molecule has 2 aliphatic heterocycles. The number of aromatic nitrogens is 4. The van der Waals surface area contributed by atoms with Gasteiger partial charge in [-0.05, 0) is 30.4 Å². The second kappa shape index (κ2) is 9.44. The number of ether oxygens (including phenoxy) is 1. The van der Waals surface area contributed by atoms with Gasteiger partial charge in [-0.2, -0.15) is 5.10 Å². The second-order valence-corrected chi connectivity index (χ2v) is 11.2. The SMILES string of the molecule is Cc1cc(NC2CN(C(=O)CCC(C)(C)c3cnnc(NC4COC4)c3)C2)nc(C(C)(C)C)n1. The van der Waals surface area contributed by atoms with Gasteiger partial charge in [0.15, 0.2) is 0 Å². The zero-order chi connectivity index (χ0) is 24.5. The predicted molar refractivity (Wildman–Crippen MR) is 132 cm³/mol. The highest BCUT2D eigenvalue weighted by atomic mass is 16.5. The molecule has 1 amide bonds. The highest BCUT2D eigenvalue weighted by molar-refractivity contribution is 5.77. The van der Waals surface area contributed by atoms with Gasteiger partial charge in [-0.1, -0.05) is 34.6 Å². The Morgan fingerprint density at radius 2 is 1.76 bits per heavy atom. The van der Waals surface area contributed by atoms with Crippen LogP contribution in [-0.2, 0) is 20.4 Å². The lowest BCUT2D eigenvalue weighted by molar-refractivity contribution is -0.135. The molecule has 9 nitrogen and oxygen atoms in total. The van der Waals surface area contributed by atoms with E-state index in [-0.39, 0.29) is 22.8 Å². The monoisotopic (exact) mass is 467 g/mol. The molecule has 2 saturated heterocycles.